The molecular weight excluding hydrogens is 396 g/mol. The van der Waals surface area contributed by atoms with Crippen LogP contribution in [0.25, 0.3) is 0 Å². The maximum Gasteiger partial charge on any atom is 0.308 e. The highest BCUT2D eigenvalue weighted by atomic mass is 16.6. The van der Waals surface area contributed by atoms with Gasteiger partial charge in [-0.25, -0.2) is 0 Å². The molecule has 2 rings (SSSR count). The van der Waals surface area contributed by atoms with E-state index in [-0.39, 0.29) is 34.1 Å². The van der Waals surface area contributed by atoms with E-state index in [2.05, 4.69) is 0 Å². The Balaban J connectivity index is 2.59. The van der Waals surface area contributed by atoms with Crippen LogP contribution < -0.4 is 18.9 Å². The first-order valence-corrected chi connectivity index (χ1v) is 8.63. The summed E-state index contributed by atoms with van der Waals surface area (Å²) in [5.74, 6) is -3.71. The fourth-order valence-corrected chi connectivity index (χ4v) is 2.47. The summed E-state index contributed by atoms with van der Waals surface area (Å²) in [6.45, 7) is 4.62. The van der Waals surface area contributed by atoms with Gasteiger partial charge in [0, 0.05) is 45.4 Å². The Morgan fingerprint density at radius 2 is 0.967 bits per heavy atom. The number of ketones is 1. The number of rotatable bonds is 6. The van der Waals surface area contributed by atoms with Crippen molar-refractivity contribution in [3.05, 3.63) is 47.5 Å². The van der Waals surface area contributed by atoms with Gasteiger partial charge in [0.15, 0.2) is 0 Å². The Kier molecular flexibility index (Phi) is 7.03. The molecule has 0 aliphatic rings. The van der Waals surface area contributed by atoms with Crippen LogP contribution in [-0.2, 0) is 19.2 Å². The van der Waals surface area contributed by atoms with E-state index < -0.39 is 29.7 Å². The monoisotopic (exact) mass is 414 g/mol. The van der Waals surface area contributed by atoms with Crippen molar-refractivity contribution in [1.29, 1.82) is 0 Å². The van der Waals surface area contributed by atoms with Crippen molar-refractivity contribution in [3.8, 4) is 23.0 Å². The quantitative estimate of drug-likeness (QED) is 0.399. The molecule has 9 nitrogen and oxygen atoms in total. The van der Waals surface area contributed by atoms with Crippen molar-refractivity contribution >= 4 is 29.7 Å². The summed E-state index contributed by atoms with van der Waals surface area (Å²) >= 11 is 0. The molecule has 0 spiro atoms. The molecule has 0 atom stereocenters. The van der Waals surface area contributed by atoms with Crippen LogP contribution in [0.2, 0.25) is 0 Å². The maximum absolute atomic E-state index is 13.1. The van der Waals surface area contributed by atoms with Gasteiger partial charge in [-0.15, -0.1) is 0 Å². The molecule has 0 bridgehead atoms. The van der Waals surface area contributed by atoms with E-state index in [0.29, 0.717) is 0 Å². The Hall–Kier alpha value is -4.01. The molecule has 0 aliphatic heterocycles. The number of carbonyl (C=O) groups is 5. The third-order valence-electron chi connectivity index (χ3n) is 3.41. The predicted molar refractivity (Wildman–Crippen MR) is 102 cm³/mol. The fraction of sp³-hybridized carbons (Fsp3) is 0.190. The van der Waals surface area contributed by atoms with Crippen molar-refractivity contribution in [2.75, 3.05) is 0 Å². The third kappa shape index (κ3) is 5.99. The molecule has 9 heteroatoms. The molecule has 0 N–H and O–H groups in total. The fourth-order valence-electron chi connectivity index (χ4n) is 2.47. The Morgan fingerprint density at radius 1 is 0.567 bits per heavy atom. The zero-order chi connectivity index (χ0) is 22.4. The first-order valence-electron chi connectivity index (χ1n) is 8.63. The average Bonchev–Trinajstić information content (AvgIpc) is 2.59. The molecule has 0 radical (unpaired) electrons. The molecule has 0 aromatic heterocycles. The first-order chi connectivity index (χ1) is 14.1. The van der Waals surface area contributed by atoms with Gasteiger partial charge in [0.1, 0.15) is 28.6 Å². The van der Waals surface area contributed by atoms with Gasteiger partial charge in [-0.05, 0) is 24.3 Å². The summed E-state index contributed by atoms with van der Waals surface area (Å²) in [6.07, 6.45) is 0. The molecule has 2 aromatic carbocycles. The van der Waals surface area contributed by atoms with Crippen LogP contribution in [0.4, 0.5) is 0 Å². The molecule has 0 aliphatic carbocycles. The second kappa shape index (κ2) is 9.46. The molecule has 0 saturated carbocycles. The van der Waals surface area contributed by atoms with Crippen molar-refractivity contribution in [3.63, 3.8) is 0 Å². The SMILES string of the molecule is CC(=O)Oc1ccc(C(=O)c2c(OC(C)=O)cc(OC(C)=O)cc2OC(C)=O)cc1. The molecule has 0 saturated heterocycles. The van der Waals surface area contributed by atoms with Gasteiger partial charge >= 0.3 is 23.9 Å². The van der Waals surface area contributed by atoms with E-state index in [1.807, 2.05) is 0 Å². The lowest BCUT2D eigenvalue weighted by Gasteiger charge is -2.15. The van der Waals surface area contributed by atoms with Crippen LogP contribution >= 0.6 is 0 Å². The summed E-state index contributed by atoms with van der Waals surface area (Å²) in [7, 11) is 0. The van der Waals surface area contributed by atoms with E-state index in [1.54, 1.807) is 0 Å². The lowest BCUT2D eigenvalue weighted by Crippen LogP contribution is -2.14. The zero-order valence-electron chi connectivity index (χ0n) is 16.6. The van der Waals surface area contributed by atoms with E-state index >= 15 is 0 Å². The second-order valence-corrected chi connectivity index (χ2v) is 6.02. The normalized spacial score (nSPS) is 10.0. The smallest absolute Gasteiger partial charge is 0.308 e. The summed E-state index contributed by atoms with van der Waals surface area (Å²) in [4.78, 5) is 58.5. The van der Waals surface area contributed by atoms with Crippen LogP contribution in [0, 0.1) is 0 Å². The van der Waals surface area contributed by atoms with Gasteiger partial charge < -0.3 is 18.9 Å². The highest BCUT2D eigenvalue weighted by Gasteiger charge is 2.25. The average molecular weight is 414 g/mol. The van der Waals surface area contributed by atoms with Gasteiger partial charge in [-0.2, -0.15) is 0 Å². The van der Waals surface area contributed by atoms with E-state index in [4.69, 9.17) is 18.9 Å². The number of ether oxygens (including phenoxy) is 4. The van der Waals surface area contributed by atoms with Crippen LogP contribution in [-0.4, -0.2) is 29.7 Å². The maximum atomic E-state index is 13.1. The minimum Gasteiger partial charge on any atom is -0.427 e. The number of carbonyl (C=O) groups excluding carboxylic acids is 5. The van der Waals surface area contributed by atoms with E-state index in [1.165, 1.54) is 31.2 Å². The van der Waals surface area contributed by atoms with Gasteiger partial charge in [0.05, 0.1) is 0 Å². The van der Waals surface area contributed by atoms with Gasteiger partial charge in [0.25, 0.3) is 0 Å². The van der Waals surface area contributed by atoms with Crippen molar-refractivity contribution in [2.24, 2.45) is 0 Å². The first kappa shape index (κ1) is 22.3. The number of hydrogen-bond donors (Lipinski definition) is 0. The molecule has 0 heterocycles. The molecular formula is C21H18O9. The van der Waals surface area contributed by atoms with Crippen LogP contribution in [0.15, 0.2) is 36.4 Å². The van der Waals surface area contributed by atoms with Gasteiger partial charge in [-0.3, -0.25) is 24.0 Å². The van der Waals surface area contributed by atoms with Crippen LogP contribution in [0.1, 0.15) is 43.6 Å². The van der Waals surface area contributed by atoms with Crippen molar-refractivity contribution in [1.82, 2.24) is 0 Å². The number of benzene rings is 2. The standard InChI is InChI=1S/C21H18O9/c1-11(22)27-16-7-5-15(6-8-16)21(26)20-18(29-13(3)24)9-17(28-12(2)23)10-19(20)30-14(4)25/h5-10H,1-4H3. The predicted octanol–water partition coefficient (Wildman–Crippen LogP) is 2.62. The topological polar surface area (TPSA) is 122 Å². The summed E-state index contributed by atoms with van der Waals surface area (Å²) in [6, 6.07) is 7.90. The van der Waals surface area contributed by atoms with Crippen molar-refractivity contribution < 1.29 is 42.9 Å². The molecule has 156 valence electrons. The number of esters is 4. The Labute approximate surface area is 171 Å². The van der Waals surface area contributed by atoms with Gasteiger partial charge in [-0.1, -0.05) is 0 Å². The molecule has 30 heavy (non-hydrogen) atoms. The van der Waals surface area contributed by atoms with E-state index in [0.717, 1.165) is 32.9 Å². The lowest BCUT2D eigenvalue weighted by atomic mass is 10.0. The summed E-state index contributed by atoms with van der Waals surface area (Å²) < 4.78 is 20.1. The van der Waals surface area contributed by atoms with E-state index in [9.17, 15) is 24.0 Å². The molecule has 0 fully saturated rings. The van der Waals surface area contributed by atoms with Gasteiger partial charge in [0.2, 0.25) is 5.78 Å². The zero-order valence-corrected chi connectivity index (χ0v) is 16.6. The molecule has 2 aromatic rings. The third-order valence-corrected chi connectivity index (χ3v) is 3.41. The molecule has 0 unspecified atom stereocenters. The minimum atomic E-state index is -0.747. The highest BCUT2D eigenvalue weighted by Crippen LogP contribution is 2.36. The van der Waals surface area contributed by atoms with Crippen molar-refractivity contribution in [2.45, 2.75) is 27.7 Å². The largest absolute Gasteiger partial charge is 0.427 e. The van der Waals surface area contributed by atoms with Crippen LogP contribution in [0.5, 0.6) is 23.0 Å². The Morgan fingerprint density at radius 3 is 1.37 bits per heavy atom. The second-order valence-electron chi connectivity index (χ2n) is 6.02. The van der Waals surface area contributed by atoms with Crippen LogP contribution in [0.3, 0.4) is 0 Å². The Bertz CT molecular complexity index is 982. The summed E-state index contributed by atoms with van der Waals surface area (Å²) in [5, 5.41) is 0. The molecule has 0 amide bonds. The summed E-state index contributed by atoms with van der Waals surface area (Å²) in [5.41, 5.74) is -0.0931. The minimum absolute atomic E-state index is 0.0863. The number of hydrogen-bond acceptors (Lipinski definition) is 9. The highest BCUT2D eigenvalue weighted by molar-refractivity contribution is 6.13. The lowest BCUT2D eigenvalue weighted by molar-refractivity contribution is -0.133.